The minimum Gasteiger partial charge on any atom is -0.198 e. The lowest BCUT2D eigenvalue weighted by Crippen LogP contribution is -2.38. The first kappa shape index (κ1) is 10.4. The van der Waals surface area contributed by atoms with E-state index in [-0.39, 0.29) is 18.2 Å². The highest BCUT2D eigenvalue weighted by Gasteiger charge is 2.71. The molecule has 3 rings (SSSR count). The van der Waals surface area contributed by atoms with E-state index in [0.717, 1.165) is 5.56 Å². The van der Waals surface area contributed by atoms with Crippen LogP contribution in [0.1, 0.15) is 16.4 Å². The number of fused-ring (bicyclic) bond motifs is 3. The number of rotatable bonds is 0. The maximum absolute atomic E-state index is 13.5. The maximum atomic E-state index is 13.5. The molecule has 1 fully saturated rings. The van der Waals surface area contributed by atoms with E-state index in [9.17, 15) is 17.6 Å². The van der Waals surface area contributed by atoms with Crippen LogP contribution in [0.3, 0.4) is 0 Å². The first-order valence-corrected chi connectivity index (χ1v) is 5.83. The summed E-state index contributed by atoms with van der Waals surface area (Å²) in [5.41, 5.74) is 1.43. The van der Waals surface area contributed by atoms with Crippen LogP contribution in [-0.2, 0) is 6.42 Å². The minimum atomic E-state index is -3.93. The molecule has 0 N–H and O–H groups in total. The summed E-state index contributed by atoms with van der Waals surface area (Å²) in [5.74, 6) is -5.16. The van der Waals surface area contributed by atoms with Crippen LogP contribution in [0.15, 0.2) is 24.3 Å². The van der Waals surface area contributed by atoms with E-state index in [1.165, 1.54) is 0 Å². The number of benzene rings is 1. The first-order chi connectivity index (χ1) is 7.43. The summed E-state index contributed by atoms with van der Waals surface area (Å²) in [4.78, 5) is 0. The third-order valence-corrected chi connectivity index (χ3v) is 4.70. The molecule has 0 radical (unpaired) electrons. The summed E-state index contributed by atoms with van der Waals surface area (Å²) in [6, 6.07) is 6.87. The summed E-state index contributed by atoms with van der Waals surface area (Å²) in [5, 5.41) is -4.70. The van der Waals surface area contributed by atoms with Gasteiger partial charge in [0, 0.05) is 5.25 Å². The van der Waals surface area contributed by atoms with Gasteiger partial charge in [0.2, 0.25) is 0 Å². The van der Waals surface area contributed by atoms with Gasteiger partial charge in [0.05, 0.1) is 5.92 Å². The Labute approximate surface area is 94.0 Å². The normalized spacial score (nSPS) is 33.5. The Balaban J connectivity index is 2.08. The molecule has 5 heteroatoms. The lowest BCUT2D eigenvalue weighted by molar-refractivity contribution is -0.172. The molecule has 1 aliphatic heterocycles. The number of alkyl halides is 4. The molecule has 0 aromatic heterocycles. The average Bonchev–Trinajstić information content (AvgIpc) is 2.64. The van der Waals surface area contributed by atoms with Crippen molar-refractivity contribution < 1.29 is 17.6 Å². The Morgan fingerprint density at radius 3 is 2.56 bits per heavy atom. The van der Waals surface area contributed by atoms with Crippen molar-refractivity contribution in [3.8, 4) is 0 Å². The Morgan fingerprint density at radius 2 is 1.81 bits per heavy atom. The second kappa shape index (κ2) is 2.94. The fourth-order valence-electron chi connectivity index (χ4n) is 2.48. The third kappa shape index (κ3) is 1.12. The van der Waals surface area contributed by atoms with Gasteiger partial charge in [0.1, 0.15) is 0 Å². The molecule has 0 unspecified atom stereocenters. The van der Waals surface area contributed by atoms with Crippen molar-refractivity contribution in [2.45, 2.75) is 22.8 Å². The minimum absolute atomic E-state index is 0.0520. The Morgan fingerprint density at radius 1 is 1.12 bits per heavy atom. The van der Waals surface area contributed by atoms with Crippen molar-refractivity contribution in [1.29, 1.82) is 0 Å². The van der Waals surface area contributed by atoms with Crippen LogP contribution in [0.2, 0.25) is 0 Å². The number of hydrogen-bond acceptors (Lipinski definition) is 1. The smallest absolute Gasteiger partial charge is 0.198 e. The van der Waals surface area contributed by atoms with Crippen LogP contribution in [0.4, 0.5) is 17.6 Å². The van der Waals surface area contributed by atoms with Gasteiger partial charge >= 0.3 is 11.2 Å². The van der Waals surface area contributed by atoms with Crippen LogP contribution >= 0.6 is 11.8 Å². The topological polar surface area (TPSA) is 0 Å². The molecule has 0 amide bonds. The standard InChI is InChI=1S/C11H8F4S/c12-10(13)8-5-6-3-1-2-4-7(6)9(8)16-11(10,14)15/h1-4,8-9H,5H2/t8-,9+/m0/s1. The Bertz CT molecular complexity index is 443. The number of hydrogen-bond donors (Lipinski definition) is 0. The molecule has 1 aliphatic carbocycles. The summed E-state index contributed by atoms with van der Waals surface area (Å²) in [6.07, 6.45) is 0.0520. The molecular formula is C11H8F4S. The van der Waals surface area contributed by atoms with Gasteiger partial charge in [-0.3, -0.25) is 0 Å². The van der Waals surface area contributed by atoms with Crippen LogP contribution in [0.5, 0.6) is 0 Å². The van der Waals surface area contributed by atoms with Crippen LogP contribution in [-0.4, -0.2) is 11.2 Å². The van der Waals surface area contributed by atoms with E-state index in [1.807, 2.05) is 0 Å². The van der Waals surface area contributed by atoms with Crippen molar-refractivity contribution in [3.05, 3.63) is 35.4 Å². The average molecular weight is 248 g/mol. The molecule has 0 spiro atoms. The highest BCUT2D eigenvalue weighted by Crippen LogP contribution is 2.67. The Kier molecular flexibility index (Phi) is 1.92. The highest BCUT2D eigenvalue weighted by molar-refractivity contribution is 8.00. The SMILES string of the molecule is FC1(F)S[C@@H]2c3ccccc3C[C@@H]2C1(F)F. The fourth-order valence-corrected chi connectivity index (χ4v) is 3.89. The van der Waals surface area contributed by atoms with Gasteiger partial charge < -0.3 is 0 Å². The zero-order valence-electron chi connectivity index (χ0n) is 8.09. The van der Waals surface area contributed by atoms with Gasteiger partial charge in [-0.1, -0.05) is 36.0 Å². The molecule has 0 saturated carbocycles. The van der Waals surface area contributed by atoms with Crippen LogP contribution in [0.25, 0.3) is 0 Å². The number of thioether (sulfide) groups is 1. The van der Waals surface area contributed by atoms with Crippen molar-refractivity contribution in [3.63, 3.8) is 0 Å². The molecule has 0 bridgehead atoms. The lowest BCUT2D eigenvalue weighted by atomic mass is 9.98. The van der Waals surface area contributed by atoms with E-state index in [2.05, 4.69) is 0 Å². The second-order valence-electron chi connectivity index (χ2n) is 4.19. The summed E-state index contributed by atoms with van der Waals surface area (Å²) in [6.45, 7) is 0. The van der Waals surface area contributed by atoms with E-state index < -0.39 is 22.3 Å². The summed E-state index contributed by atoms with van der Waals surface area (Å²) in [7, 11) is 0. The number of halogens is 4. The van der Waals surface area contributed by atoms with E-state index >= 15 is 0 Å². The zero-order valence-corrected chi connectivity index (χ0v) is 8.91. The van der Waals surface area contributed by atoms with Crippen molar-refractivity contribution in [2.75, 3.05) is 0 Å². The highest BCUT2D eigenvalue weighted by atomic mass is 32.2. The van der Waals surface area contributed by atoms with Crippen molar-refractivity contribution in [2.24, 2.45) is 5.92 Å². The Hall–Kier alpha value is -0.710. The predicted molar refractivity (Wildman–Crippen MR) is 53.9 cm³/mol. The van der Waals surface area contributed by atoms with Crippen molar-refractivity contribution in [1.82, 2.24) is 0 Å². The zero-order chi connectivity index (χ0) is 11.6. The largest absolute Gasteiger partial charge is 0.357 e. The monoisotopic (exact) mass is 248 g/mol. The molecule has 1 heterocycles. The van der Waals surface area contributed by atoms with Crippen LogP contribution < -0.4 is 0 Å². The van der Waals surface area contributed by atoms with Gasteiger partial charge in [-0.2, -0.15) is 17.6 Å². The van der Waals surface area contributed by atoms with Gasteiger partial charge in [0.25, 0.3) is 0 Å². The van der Waals surface area contributed by atoms with Crippen LogP contribution in [0, 0.1) is 5.92 Å². The first-order valence-electron chi connectivity index (χ1n) is 4.95. The van der Waals surface area contributed by atoms with E-state index in [1.54, 1.807) is 24.3 Å². The molecular weight excluding hydrogens is 240 g/mol. The predicted octanol–water partition coefficient (Wildman–Crippen LogP) is 3.87. The molecule has 2 aliphatic rings. The molecule has 2 atom stereocenters. The third-order valence-electron chi connectivity index (χ3n) is 3.30. The molecule has 86 valence electrons. The quantitative estimate of drug-likeness (QED) is 0.628. The van der Waals surface area contributed by atoms with E-state index in [0.29, 0.717) is 5.56 Å². The van der Waals surface area contributed by atoms with Gasteiger partial charge in [0.15, 0.2) is 0 Å². The maximum Gasteiger partial charge on any atom is 0.357 e. The molecule has 0 nitrogen and oxygen atoms in total. The van der Waals surface area contributed by atoms with Gasteiger partial charge in [-0.25, -0.2) is 0 Å². The molecule has 1 aromatic carbocycles. The summed E-state index contributed by atoms with van der Waals surface area (Å²) < 4.78 is 53.2. The lowest BCUT2D eigenvalue weighted by Gasteiger charge is -2.21. The molecule has 1 saturated heterocycles. The van der Waals surface area contributed by atoms with Crippen molar-refractivity contribution >= 4 is 11.8 Å². The van der Waals surface area contributed by atoms with Gasteiger partial charge in [-0.15, -0.1) is 0 Å². The summed E-state index contributed by atoms with van der Waals surface area (Å²) >= 11 is 0.105. The molecule has 16 heavy (non-hydrogen) atoms. The van der Waals surface area contributed by atoms with Gasteiger partial charge in [-0.05, 0) is 17.5 Å². The second-order valence-corrected chi connectivity index (χ2v) is 5.44. The van der Waals surface area contributed by atoms with E-state index in [4.69, 9.17) is 0 Å². The fraction of sp³-hybridized carbons (Fsp3) is 0.455. The molecule has 1 aromatic rings.